The maximum atomic E-state index is 13.3. The molecule has 0 aliphatic carbocycles. The molecule has 0 spiro atoms. The highest BCUT2D eigenvalue weighted by Crippen LogP contribution is 2.20. The van der Waals surface area contributed by atoms with E-state index >= 15 is 0 Å². The minimum atomic E-state index is -1.08. The molecular weight excluding hydrogens is 306 g/mol. The molecule has 0 bridgehead atoms. The van der Waals surface area contributed by atoms with E-state index in [0.29, 0.717) is 5.39 Å². The summed E-state index contributed by atoms with van der Waals surface area (Å²) in [5.41, 5.74) is 5.43. The molecule has 0 saturated heterocycles. The second-order valence-electron chi connectivity index (χ2n) is 4.76. The van der Waals surface area contributed by atoms with Crippen molar-refractivity contribution in [2.24, 2.45) is 10.7 Å². The zero-order valence-electron chi connectivity index (χ0n) is 11.6. The molecule has 3 rings (SSSR count). The van der Waals surface area contributed by atoms with Gasteiger partial charge in [0, 0.05) is 17.5 Å². The summed E-state index contributed by atoms with van der Waals surface area (Å²) >= 11 is 0. The van der Waals surface area contributed by atoms with E-state index in [2.05, 4.69) is 4.99 Å². The average molecular weight is 316 g/mol. The van der Waals surface area contributed by atoms with E-state index in [4.69, 9.17) is 10.2 Å². The number of carbonyl (C=O) groups excluding carboxylic acids is 1. The number of amides is 1. The van der Waals surface area contributed by atoms with E-state index in [9.17, 15) is 18.7 Å². The molecule has 0 radical (unpaired) electrons. The number of nitrogens with zero attached hydrogens (tertiary/aromatic N) is 1. The van der Waals surface area contributed by atoms with Crippen LogP contribution in [0.4, 0.5) is 14.5 Å². The van der Waals surface area contributed by atoms with Crippen molar-refractivity contribution in [3.05, 3.63) is 65.2 Å². The van der Waals surface area contributed by atoms with Gasteiger partial charge in [0.15, 0.2) is 11.6 Å². The molecule has 0 fully saturated rings. The number of halogens is 2. The van der Waals surface area contributed by atoms with E-state index in [1.54, 1.807) is 6.07 Å². The summed E-state index contributed by atoms with van der Waals surface area (Å²) in [5.74, 6) is -2.92. The van der Waals surface area contributed by atoms with Crippen LogP contribution in [0.2, 0.25) is 0 Å². The van der Waals surface area contributed by atoms with Crippen molar-refractivity contribution in [2.45, 2.75) is 0 Å². The lowest BCUT2D eigenvalue weighted by molar-refractivity contribution is 0.0996. The van der Waals surface area contributed by atoms with E-state index < -0.39 is 17.5 Å². The van der Waals surface area contributed by atoms with Gasteiger partial charge in [0.25, 0.3) is 5.91 Å². The molecule has 1 aromatic heterocycles. The standard InChI is InChI=1S/C16H10F2N2O3/c17-12-4-2-9(6-13(12)18)20-16-11(15(19)22)5-8-1-3-10(21)7-14(8)23-16/h1-7,21H,(H2,19,22). The van der Waals surface area contributed by atoms with Crippen molar-refractivity contribution in [3.8, 4) is 5.75 Å². The maximum absolute atomic E-state index is 13.3. The molecule has 0 saturated carbocycles. The minimum Gasteiger partial charge on any atom is -0.508 e. The molecule has 0 unspecified atom stereocenters. The molecule has 1 amide bonds. The van der Waals surface area contributed by atoms with Crippen LogP contribution in [-0.2, 0) is 0 Å². The van der Waals surface area contributed by atoms with Gasteiger partial charge in [0.05, 0.1) is 5.69 Å². The number of benzene rings is 2. The Morgan fingerprint density at radius 3 is 2.57 bits per heavy atom. The van der Waals surface area contributed by atoms with E-state index in [0.717, 1.165) is 12.1 Å². The van der Waals surface area contributed by atoms with E-state index in [1.807, 2.05) is 0 Å². The molecule has 5 nitrogen and oxygen atoms in total. The Hall–Kier alpha value is -3.22. The number of hydrogen-bond donors (Lipinski definition) is 2. The highest BCUT2D eigenvalue weighted by atomic mass is 19.2. The van der Waals surface area contributed by atoms with Crippen molar-refractivity contribution in [2.75, 3.05) is 0 Å². The van der Waals surface area contributed by atoms with E-state index in [-0.39, 0.29) is 28.1 Å². The Balaban J connectivity index is 2.28. The monoisotopic (exact) mass is 316 g/mol. The fourth-order valence-electron chi connectivity index (χ4n) is 2.04. The first-order valence-corrected chi connectivity index (χ1v) is 6.50. The Morgan fingerprint density at radius 2 is 1.87 bits per heavy atom. The summed E-state index contributed by atoms with van der Waals surface area (Å²) in [6, 6.07) is 8.75. The summed E-state index contributed by atoms with van der Waals surface area (Å²) in [7, 11) is 0. The van der Waals surface area contributed by atoms with Gasteiger partial charge < -0.3 is 15.3 Å². The largest absolute Gasteiger partial charge is 0.508 e. The second-order valence-corrected chi connectivity index (χ2v) is 4.76. The third kappa shape index (κ3) is 2.89. The predicted molar refractivity (Wildman–Crippen MR) is 78.0 cm³/mol. The highest BCUT2D eigenvalue weighted by Gasteiger charge is 2.10. The average Bonchev–Trinajstić information content (AvgIpc) is 2.50. The lowest BCUT2D eigenvalue weighted by Gasteiger charge is -2.03. The van der Waals surface area contributed by atoms with Crippen molar-refractivity contribution >= 4 is 22.6 Å². The number of phenols is 1. The van der Waals surface area contributed by atoms with Crippen molar-refractivity contribution < 1.29 is 23.1 Å². The van der Waals surface area contributed by atoms with Crippen LogP contribution in [0.1, 0.15) is 10.4 Å². The third-order valence-electron chi connectivity index (χ3n) is 3.13. The Kier molecular flexibility index (Phi) is 3.53. The molecule has 2 aromatic carbocycles. The Labute approximate surface area is 128 Å². The van der Waals surface area contributed by atoms with Gasteiger partial charge in [-0.2, -0.15) is 0 Å². The number of hydrogen-bond acceptors (Lipinski definition) is 4. The highest BCUT2D eigenvalue weighted by molar-refractivity contribution is 5.95. The van der Waals surface area contributed by atoms with Gasteiger partial charge in [0.1, 0.15) is 16.9 Å². The number of fused-ring (bicyclic) bond motifs is 1. The van der Waals surface area contributed by atoms with Crippen LogP contribution < -0.4 is 11.3 Å². The maximum Gasteiger partial charge on any atom is 0.254 e. The number of rotatable bonds is 2. The summed E-state index contributed by atoms with van der Waals surface area (Å²) in [5, 5.41) is 10.0. The summed E-state index contributed by atoms with van der Waals surface area (Å²) in [4.78, 5) is 15.6. The Bertz CT molecular complexity index is 996. The molecular formula is C16H10F2N2O3. The molecule has 23 heavy (non-hydrogen) atoms. The van der Waals surface area contributed by atoms with Crippen LogP contribution >= 0.6 is 0 Å². The van der Waals surface area contributed by atoms with Gasteiger partial charge in [-0.15, -0.1) is 0 Å². The minimum absolute atomic E-state index is 0.0204. The SMILES string of the molecule is NC(=O)c1cc2ccc(O)cc2oc1=Nc1ccc(F)c(F)c1. The van der Waals surface area contributed by atoms with Crippen LogP contribution in [0.15, 0.2) is 51.9 Å². The first-order chi connectivity index (χ1) is 10.9. The van der Waals surface area contributed by atoms with Gasteiger partial charge in [-0.1, -0.05) is 0 Å². The van der Waals surface area contributed by atoms with Crippen LogP contribution in [0.25, 0.3) is 11.0 Å². The van der Waals surface area contributed by atoms with Crippen molar-refractivity contribution in [1.29, 1.82) is 0 Å². The number of primary amides is 1. The van der Waals surface area contributed by atoms with Gasteiger partial charge in [-0.25, -0.2) is 13.8 Å². The number of carbonyl (C=O) groups is 1. The van der Waals surface area contributed by atoms with Crippen LogP contribution in [0.3, 0.4) is 0 Å². The number of phenolic OH excluding ortho intramolecular Hbond substituents is 1. The van der Waals surface area contributed by atoms with Crippen LogP contribution in [0.5, 0.6) is 5.75 Å². The van der Waals surface area contributed by atoms with Gasteiger partial charge >= 0.3 is 0 Å². The summed E-state index contributed by atoms with van der Waals surface area (Å²) in [6.45, 7) is 0. The fourth-order valence-corrected chi connectivity index (χ4v) is 2.04. The fraction of sp³-hybridized carbons (Fsp3) is 0. The first-order valence-electron chi connectivity index (χ1n) is 6.50. The van der Waals surface area contributed by atoms with Crippen molar-refractivity contribution in [3.63, 3.8) is 0 Å². The quantitative estimate of drug-likeness (QED) is 0.762. The molecule has 0 aliphatic heterocycles. The van der Waals surface area contributed by atoms with Crippen molar-refractivity contribution in [1.82, 2.24) is 0 Å². The lowest BCUT2D eigenvalue weighted by Crippen LogP contribution is -2.21. The van der Waals surface area contributed by atoms with Gasteiger partial charge in [-0.3, -0.25) is 4.79 Å². The number of nitrogens with two attached hydrogens (primary N) is 1. The molecule has 3 N–H and O–H groups in total. The van der Waals surface area contributed by atoms with Crippen LogP contribution in [-0.4, -0.2) is 11.0 Å². The zero-order valence-corrected chi connectivity index (χ0v) is 11.6. The molecule has 1 heterocycles. The predicted octanol–water partition coefficient (Wildman–Crippen LogP) is 2.75. The Morgan fingerprint density at radius 1 is 1.09 bits per heavy atom. The lowest BCUT2D eigenvalue weighted by atomic mass is 10.1. The molecule has 0 aliphatic rings. The topological polar surface area (TPSA) is 88.8 Å². The molecule has 7 heteroatoms. The second kappa shape index (κ2) is 5.53. The zero-order chi connectivity index (χ0) is 16.6. The third-order valence-corrected chi connectivity index (χ3v) is 3.13. The normalized spacial score (nSPS) is 11.8. The summed E-state index contributed by atoms with van der Waals surface area (Å²) in [6.07, 6.45) is 0. The number of aromatic hydroxyl groups is 1. The van der Waals surface area contributed by atoms with E-state index in [1.165, 1.54) is 24.3 Å². The van der Waals surface area contributed by atoms with Crippen LogP contribution in [0, 0.1) is 11.6 Å². The van der Waals surface area contributed by atoms with Gasteiger partial charge in [0.2, 0.25) is 5.55 Å². The molecule has 0 atom stereocenters. The first kappa shape index (κ1) is 14.7. The summed E-state index contributed by atoms with van der Waals surface area (Å²) < 4.78 is 31.7. The smallest absolute Gasteiger partial charge is 0.254 e. The molecule has 116 valence electrons. The molecule has 3 aromatic rings. The van der Waals surface area contributed by atoms with Gasteiger partial charge in [-0.05, 0) is 30.3 Å².